The summed E-state index contributed by atoms with van der Waals surface area (Å²) in [5, 5.41) is 2.74. The SMILES string of the molecule is CC1(C)CN(CCCC(=O)S)C(=O)N1. The highest BCUT2D eigenvalue weighted by Crippen LogP contribution is 2.14. The number of hydrogen-bond acceptors (Lipinski definition) is 2. The molecule has 0 radical (unpaired) electrons. The van der Waals surface area contributed by atoms with Gasteiger partial charge in [0.05, 0.1) is 5.54 Å². The number of carbonyl (C=O) groups excluding carboxylic acids is 2. The highest BCUT2D eigenvalue weighted by atomic mass is 32.1. The molecule has 0 aliphatic carbocycles. The zero-order valence-corrected chi connectivity index (χ0v) is 9.43. The van der Waals surface area contributed by atoms with Gasteiger partial charge in [-0.3, -0.25) is 4.79 Å². The van der Waals surface area contributed by atoms with E-state index in [-0.39, 0.29) is 16.7 Å². The summed E-state index contributed by atoms with van der Waals surface area (Å²) in [5.74, 6) is 0. The number of nitrogens with one attached hydrogen (secondary N) is 1. The highest BCUT2D eigenvalue weighted by Gasteiger charge is 2.33. The van der Waals surface area contributed by atoms with Gasteiger partial charge < -0.3 is 10.2 Å². The minimum Gasteiger partial charge on any atom is -0.331 e. The normalized spacial score (nSPS) is 19.6. The van der Waals surface area contributed by atoms with E-state index in [1.165, 1.54) is 0 Å². The summed E-state index contributed by atoms with van der Waals surface area (Å²) in [6, 6.07) is -0.0402. The number of amides is 2. The minimum absolute atomic E-state index is 0.0402. The fraction of sp³-hybridized carbons (Fsp3) is 0.778. The highest BCUT2D eigenvalue weighted by molar-refractivity contribution is 7.96. The number of rotatable bonds is 4. The molecule has 0 aromatic carbocycles. The zero-order valence-electron chi connectivity index (χ0n) is 8.54. The van der Waals surface area contributed by atoms with E-state index in [0.29, 0.717) is 25.9 Å². The van der Waals surface area contributed by atoms with E-state index in [1.807, 2.05) is 13.8 Å². The van der Waals surface area contributed by atoms with Gasteiger partial charge in [0.1, 0.15) is 0 Å². The van der Waals surface area contributed by atoms with Crippen molar-refractivity contribution < 1.29 is 9.59 Å². The van der Waals surface area contributed by atoms with Crippen LogP contribution in [-0.4, -0.2) is 34.7 Å². The third-order valence-corrected chi connectivity index (χ3v) is 2.36. The molecule has 0 aromatic rings. The maximum absolute atomic E-state index is 11.4. The summed E-state index contributed by atoms with van der Waals surface area (Å²) in [5.41, 5.74) is -0.151. The third-order valence-electron chi connectivity index (χ3n) is 2.14. The van der Waals surface area contributed by atoms with Crippen molar-refractivity contribution in [1.29, 1.82) is 0 Å². The largest absolute Gasteiger partial charge is 0.331 e. The molecule has 1 fully saturated rings. The summed E-state index contributed by atoms with van der Waals surface area (Å²) < 4.78 is 0. The average Bonchev–Trinajstić information content (AvgIpc) is 2.24. The van der Waals surface area contributed by atoms with Gasteiger partial charge in [-0.1, -0.05) is 0 Å². The predicted octanol–water partition coefficient (Wildman–Crippen LogP) is 1.03. The molecule has 1 heterocycles. The van der Waals surface area contributed by atoms with Crippen LogP contribution in [0.2, 0.25) is 0 Å². The Labute approximate surface area is 89.4 Å². The van der Waals surface area contributed by atoms with Gasteiger partial charge in [-0.25, -0.2) is 4.79 Å². The van der Waals surface area contributed by atoms with Gasteiger partial charge >= 0.3 is 6.03 Å². The van der Waals surface area contributed by atoms with Crippen molar-refractivity contribution in [1.82, 2.24) is 10.2 Å². The van der Waals surface area contributed by atoms with Gasteiger partial charge in [-0.15, -0.1) is 12.6 Å². The number of thiol groups is 1. The van der Waals surface area contributed by atoms with E-state index >= 15 is 0 Å². The first-order chi connectivity index (χ1) is 6.41. The van der Waals surface area contributed by atoms with E-state index in [9.17, 15) is 9.59 Å². The molecule has 0 unspecified atom stereocenters. The Kier molecular flexibility index (Phi) is 3.42. The van der Waals surface area contributed by atoms with Crippen molar-refractivity contribution in [3.05, 3.63) is 0 Å². The number of urea groups is 1. The fourth-order valence-corrected chi connectivity index (χ4v) is 1.72. The van der Waals surface area contributed by atoms with E-state index in [0.717, 1.165) is 0 Å². The first-order valence-corrected chi connectivity index (χ1v) is 5.14. The molecule has 0 saturated carbocycles. The van der Waals surface area contributed by atoms with Crippen LogP contribution >= 0.6 is 12.6 Å². The van der Waals surface area contributed by atoms with Gasteiger partial charge in [0.2, 0.25) is 0 Å². The molecule has 1 aliphatic rings. The lowest BCUT2D eigenvalue weighted by Crippen LogP contribution is -2.36. The standard InChI is InChI=1S/C9H16N2O2S/c1-9(2)6-11(8(13)10-9)5-3-4-7(12)14/h3-6H2,1-2H3,(H,10,13)(H,12,14). The molecule has 1 N–H and O–H groups in total. The van der Waals surface area contributed by atoms with E-state index < -0.39 is 0 Å². The quantitative estimate of drug-likeness (QED) is 0.689. The molecule has 4 nitrogen and oxygen atoms in total. The molecule has 80 valence electrons. The van der Waals surface area contributed by atoms with Crippen molar-refractivity contribution in [3.63, 3.8) is 0 Å². The Bertz CT molecular complexity index is 253. The Morgan fingerprint density at radius 3 is 2.71 bits per heavy atom. The minimum atomic E-state index is -0.151. The Morgan fingerprint density at radius 2 is 2.29 bits per heavy atom. The molecule has 0 aromatic heterocycles. The molecule has 0 bridgehead atoms. The number of carbonyl (C=O) groups is 2. The fourth-order valence-electron chi connectivity index (χ4n) is 1.56. The first-order valence-electron chi connectivity index (χ1n) is 4.70. The average molecular weight is 216 g/mol. The summed E-state index contributed by atoms with van der Waals surface area (Å²) in [6.45, 7) is 5.29. The lowest BCUT2D eigenvalue weighted by molar-refractivity contribution is -0.110. The van der Waals surface area contributed by atoms with Gasteiger partial charge in [-0.2, -0.15) is 0 Å². The van der Waals surface area contributed by atoms with Crippen LogP contribution in [0.25, 0.3) is 0 Å². The van der Waals surface area contributed by atoms with Gasteiger partial charge in [-0.05, 0) is 20.3 Å². The van der Waals surface area contributed by atoms with E-state index in [2.05, 4.69) is 17.9 Å². The van der Waals surface area contributed by atoms with Crippen LogP contribution < -0.4 is 5.32 Å². The summed E-state index contributed by atoms with van der Waals surface area (Å²) in [7, 11) is 0. The number of hydrogen-bond donors (Lipinski definition) is 2. The van der Waals surface area contributed by atoms with Crippen LogP contribution in [0.4, 0.5) is 4.79 Å². The van der Waals surface area contributed by atoms with E-state index in [1.54, 1.807) is 4.90 Å². The zero-order chi connectivity index (χ0) is 10.8. The van der Waals surface area contributed by atoms with Gasteiger partial charge in [0.15, 0.2) is 5.12 Å². The Balaban J connectivity index is 2.32. The second-order valence-electron chi connectivity index (χ2n) is 4.23. The van der Waals surface area contributed by atoms with Crippen molar-refractivity contribution in [2.75, 3.05) is 13.1 Å². The molecule has 14 heavy (non-hydrogen) atoms. The molecule has 0 atom stereocenters. The van der Waals surface area contributed by atoms with Crippen molar-refractivity contribution in [2.45, 2.75) is 32.2 Å². The molecule has 1 rings (SSSR count). The molecule has 1 aliphatic heterocycles. The maximum Gasteiger partial charge on any atom is 0.317 e. The van der Waals surface area contributed by atoms with Crippen LogP contribution in [-0.2, 0) is 4.79 Å². The smallest absolute Gasteiger partial charge is 0.317 e. The Morgan fingerprint density at radius 1 is 1.64 bits per heavy atom. The van der Waals surface area contributed by atoms with Crippen molar-refractivity contribution in [3.8, 4) is 0 Å². The lowest BCUT2D eigenvalue weighted by Gasteiger charge is -2.17. The molecular formula is C9H16N2O2S. The molecular weight excluding hydrogens is 200 g/mol. The monoisotopic (exact) mass is 216 g/mol. The second kappa shape index (κ2) is 4.21. The third kappa shape index (κ3) is 3.21. The topological polar surface area (TPSA) is 49.4 Å². The Hall–Kier alpha value is -0.710. The predicted molar refractivity (Wildman–Crippen MR) is 57.4 cm³/mol. The second-order valence-corrected chi connectivity index (χ2v) is 4.73. The molecule has 1 saturated heterocycles. The maximum atomic E-state index is 11.4. The molecule has 5 heteroatoms. The summed E-state index contributed by atoms with van der Waals surface area (Å²) in [4.78, 5) is 23.7. The summed E-state index contributed by atoms with van der Waals surface area (Å²) in [6.07, 6.45) is 1.11. The van der Waals surface area contributed by atoms with Crippen molar-refractivity contribution >= 4 is 23.8 Å². The number of nitrogens with zero attached hydrogens (tertiary/aromatic N) is 1. The molecule has 2 amide bonds. The van der Waals surface area contributed by atoms with Crippen molar-refractivity contribution in [2.24, 2.45) is 0 Å². The first kappa shape index (κ1) is 11.4. The van der Waals surface area contributed by atoms with Crippen LogP contribution in [0.5, 0.6) is 0 Å². The lowest BCUT2D eigenvalue weighted by atomic mass is 10.1. The van der Waals surface area contributed by atoms with Gasteiger partial charge in [0.25, 0.3) is 0 Å². The molecule has 0 spiro atoms. The van der Waals surface area contributed by atoms with Crippen LogP contribution in [0.3, 0.4) is 0 Å². The van der Waals surface area contributed by atoms with Crippen LogP contribution in [0.15, 0.2) is 0 Å². The van der Waals surface area contributed by atoms with Crippen LogP contribution in [0, 0.1) is 0 Å². The van der Waals surface area contributed by atoms with E-state index in [4.69, 9.17) is 0 Å². The van der Waals surface area contributed by atoms with Crippen LogP contribution in [0.1, 0.15) is 26.7 Å². The summed E-state index contributed by atoms with van der Waals surface area (Å²) >= 11 is 3.67. The van der Waals surface area contributed by atoms with Gasteiger partial charge in [0, 0.05) is 19.5 Å².